The molecule has 1 atom stereocenters. The summed E-state index contributed by atoms with van der Waals surface area (Å²) in [5.41, 5.74) is 2.65. The van der Waals surface area contributed by atoms with Crippen LogP contribution in [-0.2, 0) is 20.8 Å². The molecule has 10 heteroatoms. The van der Waals surface area contributed by atoms with Crippen molar-refractivity contribution in [1.29, 1.82) is 0 Å². The molecule has 2 aromatic heterocycles. The molecular formula is C25H22N4O5S. The van der Waals surface area contributed by atoms with E-state index in [1.807, 2.05) is 48.7 Å². The Morgan fingerprint density at radius 1 is 1.06 bits per heavy atom. The van der Waals surface area contributed by atoms with Crippen LogP contribution in [0, 0.1) is 6.92 Å². The number of benzene rings is 1. The number of furan rings is 1. The fourth-order valence-electron chi connectivity index (χ4n) is 4.13. The van der Waals surface area contributed by atoms with Crippen LogP contribution in [0.25, 0.3) is 0 Å². The quantitative estimate of drug-likeness (QED) is 0.373. The minimum Gasteiger partial charge on any atom is -0.467 e. The smallest absolute Gasteiger partial charge is 0.334 e. The fraction of sp³-hybridized carbons (Fsp3) is 0.240. The highest BCUT2D eigenvalue weighted by atomic mass is 32.1. The molecule has 5 rings (SSSR count). The van der Waals surface area contributed by atoms with Crippen molar-refractivity contribution >= 4 is 40.8 Å². The van der Waals surface area contributed by atoms with Crippen LogP contribution in [0.3, 0.4) is 0 Å². The molecule has 178 valence electrons. The number of urea groups is 1. The van der Waals surface area contributed by atoms with Crippen molar-refractivity contribution in [3.05, 3.63) is 81.9 Å². The minimum atomic E-state index is -1.01. The molecule has 0 spiro atoms. The van der Waals surface area contributed by atoms with Crippen LogP contribution in [-0.4, -0.2) is 57.4 Å². The van der Waals surface area contributed by atoms with Gasteiger partial charge >= 0.3 is 17.8 Å². The van der Waals surface area contributed by atoms with E-state index in [-0.39, 0.29) is 6.54 Å². The van der Waals surface area contributed by atoms with Gasteiger partial charge in [0.25, 0.3) is 5.91 Å². The lowest BCUT2D eigenvalue weighted by Crippen LogP contribution is -2.42. The first-order chi connectivity index (χ1) is 16.9. The second-order valence-electron chi connectivity index (χ2n) is 8.35. The molecule has 0 N–H and O–H groups in total. The maximum Gasteiger partial charge on any atom is 0.334 e. The van der Waals surface area contributed by atoms with Crippen molar-refractivity contribution in [3.8, 4) is 0 Å². The highest BCUT2D eigenvalue weighted by molar-refractivity contribution is 7.09. The summed E-state index contributed by atoms with van der Waals surface area (Å²) in [4.78, 5) is 53.7. The number of imide groups is 2. The van der Waals surface area contributed by atoms with Gasteiger partial charge in [0.1, 0.15) is 18.3 Å². The molecule has 1 saturated heterocycles. The summed E-state index contributed by atoms with van der Waals surface area (Å²) in [7, 11) is 0. The number of nitrogens with zero attached hydrogens (tertiary/aromatic N) is 4. The lowest BCUT2D eigenvalue weighted by molar-refractivity contribution is -0.145. The Bertz CT molecular complexity index is 1300. The van der Waals surface area contributed by atoms with Gasteiger partial charge in [0.2, 0.25) is 0 Å². The summed E-state index contributed by atoms with van der Waals surface area (Å²) in [6.07, 6.45) is 2.37. The van der Waals surface area contributed by atoms with Gasteiger partial charge in [-0.15, -0.1) is 11.3 Å². The molecule has 0 aliphatic carbocycles. The third-order valence-corrected chi connectivity index (χ3v) is 6.95. The number of hydrogen-bond donors (Lipinski definition) is 0. The zero-order valence-corrected chi connectivity index (χ0v) is 19.7. The molecule has 0 saturated carbocycles. The lowest BCUT2D eigenvalue weighted by Gasteiger charge is -2.22. The zero-order chi connectivity index (χ0) is 24.5. The molecule has 1 fully saturated rings. The Morgan fingerprint density at radius 2 is 1.83 bits per heavy atom. The van der Waals surface area contributed by atoms with E-state index in [0.717, 1.165) is 20.9 Å². The number of rotatable bonds is 7. The first kappa shape index (κ1) is 22.7. The van der Waals surface area contributed by atoms with Crippen molar-refractivity contribution in [2.45, 2.75) is 25.8 Å². The average molecular weight is 491 g/mol. The second-order valence-corrected chi connectivity index (χ2v) is 9.38. The standard InChI is InChI=1S/C25H22N4O5S/c1-16-6-8-17(9-7-16)19-14-20(21-5-2-12-34-21)29(26-19)22(30)15-28-24(32)23(31)27(25(28)33)11-10-18-4-3-13-35-18/h2-9,12-13,20H,10-11,14-15H2,1H3/t20-/m0/s1. The first-order valence-electron chi connectivity index (χ1n) is 11.1. The van der Waals surface area contributed by atoms with E-state index in [1.165, 1.54) is 22.6 Å². The molecule has 9 nitrogen and oxygen atoms in total. The van der Waals surface area contributed by atoms with E-state index >= 15 is 0 Å². The largest absolute Gasteiger partial charge is 0.467 e. The van der Waals surface area contributed by atoms with Crippen LogP contribution >= 0.6 is 11.3 Å². The molecule has 0 radical (unpaired) electrons. The molecule has 2 aliphatic heterocycles. The van der Waals surface area contributed by atoms with Gasteiger partial charge in [0.15, 0.2) is 0 Å². The van der Waals surface area contributed by atoms with Gasteiger partial charge < -0.3 is 4.42 Å². The van der Waals surface area contributed by atoms with Gasteiger partial charge in [-0.05, 0) is 36.1 Å². The number of amides is 5. The second kappa shape index (κ2) is 9.30. The van der Waals surface area contributed by atoms with Crippen LogP contribution in [0.2, 0.25) is 0 Å². The van der Waals surface area contributed by atoms with Crippen LogP contribution < -0.4 is 0 Å². The van der Waals surface area contributed by atoms with Gasteiger partial charge in [-0.2, -0.15) is 5.10 Å². The maximum absolute atomic E-state index is 13.3. The summed E-state index contributed by atoms with van der Waals surface area (Å²) in [5.74, 6) is -1.97. The topological polar surface area (TPSA) is 104 Å². The van der Waals surface area contributed by atoms with Crippen molar-refractivity contribution in [3.63, 3.8) is 0 Å². The summed E-state index contributed by atoms with van der Waals surface area (Å²) in [6.45, 7) is 1.47. The van der Waals surface area contributed by atoms with E-state index < -0.39 is 36.3 Å². The van der Waals surface area contributed by atoms with Crippen molar-refractivity contribution in [2.24, 2.45) is 5.10 Å². The van der Waals surface area contributed by atoms with Gasteiger partial charge in [-0.25, -0.2) is 14.7 Å². The van der Waals surface area contributed by atoms with Crippen molar-refractivity contribution in [1.82, 2.24) is 14.8 Å². The number of hydrogen-bond acceptors (Lipinski definition) is 7. The predicted octanol–water partition coefficient (Wildman–Crippen LogP) is 3.36. The van der Waals surface area contributed by atoms with Crippen LogP contribution in [0.4, 0.5) is 4.79 Å². The molecule has 5 amide bonds. The zero-order valence-electron chi connectivity index (χ0n) is 18.9. The number of aryl methyl sites for hydroxylation is 1. The SMILES string of the molecule is Cc1ccc(C2=NN(C(=O)CN3C(=O)C(=O)N(CCc4cccs4)C3=O)[C@H](c3ccco3)C2)cc1. The monoisotopic (exact) mass is 490 g/mol. The van der Waals surface area contributed by atoms with Gasteiger partial charge in [0, 0.05) is 24.3 Å². The van der Waals surface area contributed by atoms with E-state index in [0.29, 0.717) is 29.2 Å². The van der Waals surface area contributed by atoms with Gasteiger partial charge in [-0.1, -0.05) is 35.9 Å². The lowest BCUT2D eigenvalue weighted by atomic mass is 10.0. The predicted molar refractivity (Wildman–Crippen MR) is 127 cm³/mol. The third-order valence-electron chi connectivity index (χ3n) is 6.01. The maximum atomic E-state index is 13.3. The average Bonchev–Trinajstić information content (AvgIpc) is 3.65. The summed E-state index contributed by atoms with van der Waals surface area (Å²) in [5, 5.41) is 7.66. The Morgan fingerprint density at radius 3 is 2.51 bits per heavy atom. The number of carbonyl (C=O) groups excluding carboxylic acids is 4. The Labute approximate surface area is 205 Å². The molecule has 35 heavy (non-hydrogen) atoms. The normalized spacial score (nSPS) is 18.1. The Kier molecular flexibility index (Phi) is 6.04. The van der Waals surface area contributed by atoms with Crippen LogP contribution in [0.5, 0.6) is 0 Å². The van der Waals surface area contributed by atoms with Crippen LogP contribution in [0.1, 0.15) is 34.2 Å². The molecular weight excluding hydrogens is 468 g/mol. The van der Waals surface area contributed by atoms with E-state index in [4.69, 9.17) is 4.42 Å². The number of hydrazone groups is 1. The van der Waals surface area contributed by atoms with E-state index in [9.17, 15) is 19.2 Å². The van der Waals surface area contributed by atoms with Crippen molar-refractivity contribution < 1.29 is 23.6 Å². The first-order valence-corrected chi connectivity index (χ1v) is 12.0. The van der Waals surface area contributed by atoms with Gasteiger partial charge in [-0.3, -0.25) is 19.3 Å². The minimum absolute atomic E-state index is 0.0725. The summed E-state index contributed by atoms with van der Waals surface area (Å²) in [6, 6.07) is 13.7. The molecule has 0 unspecified atom stereocenters. The fourth-order valence-corrected chi connectivity index (χ4v) is 4.83. The summed E-state index contributed by atoms with van der Waals surface area (Å²) >= 11 is 1.50. The summed E-state index contributed by atoms with van der Waals surface area (Å²) < 4.78 is 5.54. The van der Waals surface area contributed by atoms with E-state index in [1.54, 1.807) is 12.1 Å². The number of thiophene rings is 1. The van der Waals surface area contributed by atoms with Crippen molar-refractivity contribution in [2.75, 3.05) is 13.1 Å². The third kappa shape index (κ3) is 4.40. The van der Waals surface area contributed by atoms with E-state index in [2.05, 4.69) is 5.10 Å². The Hall–Kier alpha value is -4.05. The number of carbonyl (C=O) groups is 4. The molecule has 3 aromatic rings. The molecule has 4 heterocycles. The Balaban J connectivity index is 1.34. The highest BCUT2D eigenvalue weighted by Gasteiger charge is 2.46. The molecule has 1 aromatic carbocycles. The molecule has 2 aliphatic rings. The van der Waals surface area contributed by atoms with Crippen LogP contribution in [0.15, 0.2) is 69.7 Å². The highest BCUT2D eigenvalue weighted by Crippen LogP contribution is 2.33. The molecule has 0 bridgehead atoms. The van der Waals surface area contributed by atoms with Gasteiger partial charge in [0.05, 0.1) is 12.0 Å².